The van der Waals surface area contributed by atoms with Gasteiger partial charge in [0.25, 0.3) is 0 Å². The molecule has 3 heteroatoms. The minimum Gasteiger partial charge on any atom is -0.388 e. The van der Waals surface area contributed by atoms with Crippen molar-refractivity contribution < 1.29 is 9.90 Å². The van der Waals surface area contributed by atoms with Gasteiger partial charge in [0.15, 0.2) is 0 Å². The number of hydrogen-bond donors (Lipinski definition) is 2. The Hall–Kier alpha value is -1.61. The third-order valence-corrected chi connectivity index (χ3v) is 3.98. The van der Waals surface area contributed by atoms with E-state index in [2.05, 4.69) is 25.2 Å². The summed E-state index contributed by atoms with van der Waals surface area (Å²) in [5.74, 6) is -0.123. The summed E-state index contributed by atoms with van der Waals surface area (Å²) in [6.07, 6.45) is 22.9. The zero-order chi connectivity index (χ0) is 18.8. The maximum Gasteiger partial charge on any atom is 0.243 e. The minimum absolute atomic E-state index is 0.123. The molecular weight excluding hydrogens is 310 g/mol. The Labute approximate surface area is 154 Å². The molecule has 0 saturated heterocycles. The van der Waals surface area contributed by atoms with Crippen molar-refractivity contribution in [3.05, 3.63) is 48.6 Å². The summed E-state index contributed by atoms with van der Waals surface area (Å²) in [6.45, 7) is 6.54. The van der Waals surface area contributed by atoms with Gasteiger partial charge in [-0.15, -0.1) is 0 Å². The van der Waals surface area contributed by atoms with Crippen molar-refractivity contribution in [2.75, 3.05) is 6.54 Å². The topological polar surface area (TPSA) is 49.3 Å². The van der Waals surface area contributed by atoms with Gasteiger partial charge in [-0.25, -0.2) is 0 Å². The van der Waals surface area contributed by atoms with E-state index < -0.39 is 5.60 Å². The molecule has 0 aliphatic rings. The highest BCUT2D eigenvalue weighted by atomic mass is 16.3. The molecule has 1 amide bonds. The summed E-state index contributed by atoms with van der Waals surface area (Å²) < 4.78 is 0. The van der Waals surface area contributed by atoms with Crippen molar-refractivity contribution in [1.29, 1.82) is 0 Å². The molecule has 142 valence electrons. The van der Waals surface area contributed by atoms with Crippen LogP contribution in [0.15, 0.2) is 48.6 Å². The Morgan fingerprint density at radius 1 is 0.960 bits per heavy atom. The molecule has 0 heterocycles. The summed E-state index contributed by atoms with van der Waals surface area (Å²) >= 11 is 0. The van der Waals surface area contributed by atoms with Crippen LogP contribution in [0.25, 0.3) is 0 Å². The van der Waals surface area contributed by atoms with Crippen LogP contribution in [0, 0.1) is 0 Å². The highest BCUT2D eigenvalue weighted by Crippen LogP contribution is 2.20. The number of carbonyl (C=O) groups excluding carboxylic acids is 1. The summed E-state index contributed by atoms with van der Waals surface area (Å²) in [7, 11) is 0. The van der Waals surface area contributed by atoms with Gasteiger partial charge in [-0.2, -0.15) is 0 Å². The largest absolute Gasteiger partial charge is 0.388 e. The lowest BCUT2D eigenvalue weighted by Crippen LogP contribution is -2.42. The van der Waals surface area contributed by atoms with E-state index in [0.29, 0.717) is 6.54 Å². The fourth-order valence-electron chi connectivity index (χ4n) is 2.58. The van der Waals surface area contributed by atoms with E-state index in [-0.39, 0.29) is 5.91 Å². The van der Waals surface area contributed by atoms with Crippen LogP contribution in [0.4, 0.5) is 0 Å². The zero-order valence-electron chi connectivity index (χ0n) is 16.3. The van der Waals surface area contributed by atoms with Crippen LogP contribution >= 0.6 is 0 Å². The maximum atomic E-state index is 11.9. The van der Waals surface area contributed by atoms with E-state index in [1.165, 1.54) is 0 Å². The fraction of sp³-hybridized carbons (Fsp3) is 0.591. The van der Waals surface area contributed by atoms with Crippen LogP contribution in [0.3, 0.4) is 0 Å². The SMILES string of the molecule is CC=CC=CC=CCCC=CC(=O)NCC(O)(CCC)CCCCC. The van der Waals surface area contributed by atoms with E-state index in [0.717, 1.165) is 51.4 Å². The summed E-state index contributed by atoms with van der Waals surface area (Å²) in [5, 5.41) is 13.5. The molecule has 0 aromatic rings. The predicted molar refractivity (Wildman–Crippen MR) is 108 cm³/mol. The van der Waals surface area contributed by atoms with E-state index in [1.807, 2.05) is 43.4 Å². The summed E-state index contributed by atoms with van der Waals surface area (Å²) in [6, 6.07) is 0. The van der Waals surface area contributed by atoms with E-state index in [9.17, 15) is 9.90 Å². The average Bonchev–Trinajstić information content (AvgIpc) is 2.59. The second kappa shape index (κ2) is 15.9. The molecular formula is C22H37NO2. The average molecular weight is 348 g/mol. The number of aliphatic hydroxyl groups is 1. The number of hydrogen-bond acceptors (Lipinski definition) is 2. The quantitative estimate of drug-likeness (QED) is 0.256. The molecule has 0 fully saturated rings. The van der Waals surface area contributed by atoms with Crippen molar-refractivity contribution in [2.24, 2.45) is 0 Å². The fourth-order valence-corrected chi connectivity index (χ4v) is 2.58. The number of amides is 1. The first kappa shape index (κ1) is 23.4. The molecule has 0 aliphatic carbocycles. The van der Waals surface area contributed by atoms with Gasteiger partial charge in [-0.05, 0) is 38.7 Å². The molecule has 25 heavy (non-hydrogen) atoms. The Morgan fingerprint density at radius 3 is 2.36 bits per heavy atom. The first-order valence-electron chi connectivity index (χ1n) is 9.69. The number of allylic oxidation sites excluding steroid dienone is 7. The Balaban J connectivity index is 4.08. The van der Waals surface area contributed by atoms with E-state index in [1.54, 1.807) is 6.08 Å². The number of nitrogens with one attached hydrogen (secondary N) is 1. The van der Waals surface area contributed by atoms with Gasteiger partial charge in [-0.3, -0.25) is 4.79 Å². The number of carbonyl (C=O) groups is 1. The lowest BCUT2D eigenvalue weighted by molar-refractivity contribution is -0.118. The van der Waals surface area contributed by atoms with Gasteiger partial charge >= 0.3 is 0 Å². The van der Waals surface area contributed by atoms with Crippen LogP contribution in [0.1, 0.15) is 72.1 Å². The molecule has 0 radical (unpaired) electrons. The third-order valence-electron chi connectivity index (χ3n) is 3.98. The normalized spacial score (nSPS) is 14.9. The standard InChI is InChI=1S/C22H37NO2/c1-4-7-9-10-11-12-13-14-15-17-21(24)23-20-22(25,18-6-3)19-16-8-5-2/h4,7,9-12,15,17,25H,5-6,8,13-14,16,18-20H2,1-3H3,(H,23,24). The monoisotopic (exact) mass is 347 g/mol. The number of rotatable bonds is 14. The van der Waals surface area contributed by atoms with Gasteiger partial charge in [0.2, 0.25) is 5.91 Å². The van der Waals surface area contributed by atoms with Gasteiger partial charge in [0.1, 0.15) is 0 Å². The van der Waals surface area contributed by atoms with Crippen molar-refractivity contribution in [1.82, 2.24) is 5.32 Å². The molecule has 0 saturated carbocycles. The minimum atomic E-state index is -0.768. The van der Waals surface area contributed by atoms with Gasteiger partial charge in [0, 0.05) is 6.54 Å². The first-order chi connectivity index (χ1) is 12.1. The zero-order valence-corrected chi connectivity index (χ0v) is 16.3. The smallest absolute Gasteiger partial charge is 0.243 e. The Morgan fingerprint density at radius 2 is 1.68 bits per heavy atom. The van der Waals surface area contributed by atoms with Crippen LogP contribution in [0.5, 0.6) is 0 Å². The molecule has 1 unspecified atom stereocenters. The summed E-state index contributed by atoms with van der Waals surface area (Å²) in [5.41, 5.74) is -0.768. The second-order valence-corrected chi connectivity index (χ2v) is 6.47. The Kier molecular flexibility index (Phi) is 14.9. The highest BCUT2D eigenvalue weighted by molar-refractivity contribution is 5.87. The molecule has 0 bridgehead atoms. The van der Waals surface area contributed by atoms with Crippen molar-refractivity contribution >= 4 is 5.91 Å². The molecule has 0 aromatic carbocycles. The predicted octanol–water partition coefficient (Wildman–Crippen LogP) is 5.24. The molecule has 1 atom stereocenters. The Bertz CT molecular complexity index is 449. The lowest BCUT2D eigenvalue weighted by Gasteiger charge is -2.28. The van der Waals surface area contributed by atoms with Crippen LogP contribution in [0.2, 0.25) is 0 Å². The maximum absolute atomic E-state index is 11.9. The third kappa shape index (κ3) is 14.4. The molecule has 3 nitrogen and oxygen atoms in total. The molecule has 0 spiro atoms. The molecule has 2 N–H and O–H groups in total. The molecule has 0 aromatic heterocycles. The van der Waals surface area contributed by atoms with Crippen LogP contribution < -0.4 is 5.32 Å². The van der Waals surface area contributed by atoms with E-state index >= 15 is 0 Å². The van der Waals surface area contributed by atoms with Crippen molar-refractivity contribution in [3.63, 3.8) is 0 Å². The van der Waals surface area contributed by atoms with E-state index in [4.69, 9.17) is 0 Å². The first-order valence-corrected chi connectivity index (χ1v) is 9.69. The van der Waals surface area contributed by atoms with Crippen molar-refractivity contribution in [3.8, 4) is 0 Å². The van der Waals surface area contributed by atoms with Gasteiger partial charge < -0.3 is 10.4 Å². The van der Waals surface area contributed by atoms with Gasteiger partial charge in [-0.1, -0.05) is 82.1 Å². The lowest BCUT2D eigenvalue weighted by atomic mass is 9.91. The summed E-state index contributed by atoms with van der Waals surface area (Å²) in [4.78, 5) is 11.9. The molecule has 0 aliphatic heterocycles. The van der Waals surface area contributed by atoms with Crippen LogP contribution in [-0.4, -0.2) is 23.2 Å². The molecule has 0 rings (SSSR count). The highest BCUT2D eigenvalue weighted by Gasteiger charge is 2.25. The number of unbranched alkanes of at least 4 members (excludes halogenated alkanes) is 3. The van der Waals surface area contributed by atoms with Gasteiger partial charge in [0.05, 0.1) is 5.60 Å². The second-order valence-electron chi connectivity index (χ2n) is 6.47. The van der Waals surface area contributed by atoms with Crippen LogP contribution in [-0.2, 0) is 4.79 Å². The van der Waals surface area contributed by atoms with Crippen molar-refractivity contribution in [2.45, 2.75) is 77.7 Å².